The molecular weight excluding hydrogens is 388 g/mol. The summed E-state index contributed by atoms with van der Waals surface area (Å²) in [7, 11) is 0. The molecule has 0 amide bonds. The third kappa shape index (κ3) is 4.50. The number of aromatic amines is 1. The van der Waals surface area contributed by atoms with Gasteiger partial charge in [-0.1, -0.05) is 75.7 Å². The highest BCUT2D eigenvalue weighted by Gasteiger charge is 2.13. The zero-order valence-corrected chi connectivity index (χ0v) is 18.2. The number of nitrogens with zero attached hydrogens (tertiary/aromatic N) is 5. The van der Waals surface area contributed by atoms with Crippen LogP contribution in [-0.4, -0.2) is 29.8 Å². The first-order valence-electron chi connectivity index (χ1n) is 10.8. The maximum atomic E-state index is 13.0. The number of hydrogen-bond acceptors (Lipinski definition) is 4. The number of nitrogens with one attached hydrogen (secondary N) is 1. The molecule has 4 aromatic rings. The van der Waals surface area contributed by atoms with Gasteiger partial charge in [0.25, 0.3) is 0 Å². The number of benzene rings is 2. The fourth-order valence-corrected chi connectivity index (χ4v) is 3.92. The van der Waals surface area contributed by atoms with Crippen LogP contribution in [0.1, 0.15) is 38.4 Å². The van der Waals surface area contributed by atoms with Crippen LogP contribution >= 0.6 is 0 Å². The molecule has 0 atom stereocenters. The van der Waals surface area contributed by atoms with Crippen LogP contribution in [0.5, 0.6) is 0 Å². The Morgan fingerprint density at radius 2 is 1.77 bits per heavy atom. The number of tetrazole rings is 1. The molecule has 0 bridgehead atoms. The van der Waals surface area contributed by atoms with Crippen molar-refractivity contribution in [3.8, 4) is 22.5 Å². The summed E-state index contributed by atoms with van der Waals surface area (Å²) in [5.41, 5.74) is 5.36. The first-order chi connectivity index (χ1) is 15.1. The van der Waals surface area contributed by atoms with Gasteiger partial charge in [0.15, 0.2) is 5.82 Å². The molecule has 0 aliphatic carbocycles. The van der Waals surface area contributed by atoms with Gasteiger partial charge < -0.3 is 0 Å². The molecule has 4 rings (SSSR count). The van der Waals surface area contributed by atoms with Crippen molar-refractivity contribution in [1.82, 2.24) is 29.8 Å². The Labute approximate surface area is 181 Å². The molecule has 0 aliphatic heterocycles. The van der Waals surface area contributed by atoms with Crippen molar-refractivity contribution in [2.45, 2.75) is 46.7 Å². The van der Waals surface area contributed by atoms with Crippen LogP contribution in [0.4, 0.5) is 0 Å². The monoisotopic (exact) mass is 416 g/mol. The molecule has 2 aromatic heterocycles. The highest BCUT2D eigenvalue weighted by atomic mass is 16.1. The Balaban J connectivity index is 1.62. The van der Waals surface area contributed by atoms with Crippen molar-refractivity contribution in [3.63, 3.8) is 0 Å². The van der Waals surface area contributed by atoms with Crippen molar-refractivity contribution in [3.05, 3.63) is 76.5 Å². The van der Waals surface area contributed by atoms with Crippen LogP contribution < -0.4 is 5.69 Å². The van der Waals surface area contributed by atoms with Crippen molar-refractivity contribution in [2.24, 2.45) is 5.92 Å². The fraction of sp³-hybridized carbons (Fsp3) is 0.333. The van der Waals surface area contributed by atoms with E-state index >= 15 is 0 Å². The minimum atomic E-state index is 0.0735. The van der Waals surface area contributed by atoms with E-state index in [4.69, 9.17) is 0 Å². The zero-order chi connectivity index (χ0) is 21.8. The number of rotatable bonds is 8. The molecule has 7 nitrogen and oxygen atoms in total. The largest absolute Gasteiger partial charge is 0.328 e. The van der Waals surface area contributed by atoms with Gasteiger partial charge in [0.05, 0.1) is 6.54 Å². The van der Waals surface area contributed by atoms with E-state index in [1.165, 1.54) is 0 Å². The van der Waals surface area contributed by atoms with Gasteiger partial charge in [-0.25, -0.2) is 9.89 Å². The summed E-state index contributed by atoms with van der Waals surface area (Å²) in [5, 5.41) is 14.3. The van der Waals surface area contributed by atoms with Gasteiger partial charge in [-0.15, -0.1) is 5.10 Å². The van der Waals surface area contributed by atoms with E-state index < -0.39 is 0 Å². The quantitative estimate of drug-likeness (QED) is 0.468. The van der Waals surface area contributed by atoms with E-state index in [-0.39, 0.29) is 5.69 Å². The average Bonchev–Trinajstić information content (AvgIpc) is 3.39. The molecule has 31 heavy (non-hydrogen) atoms. The summed E-state index contributed by atoms with van der Waals surface area (Å²) >= 11 is 0. The van der Waals surface area contributed by atoms with Crippen LogP contribution in [-0.2, 0) is 19.5 Å². The Hall–Kier alpha value is -3.48. The first kappa shape index (κ1) is 20.8. The molecular formula is C24H28N6O. The number of imidazole rings is 1. The predicted molar refractivity (Wildman–Crippen MR) is 122 cm³/mol. The lowest BCUT2D eigenvalue weighted by Crippen LogP contribution is -2.26. The molecule has 0 unspecified atom stereocenters. The van der Waals surface area contributed by atoms with Crippen LogP contribution in [0, 0.1) is 5.92 Å². The standard InChI is InChI=1S/C24H28N6O/c1-4-7-20-16-29(14-17(2)3)24(31)30(20)15-18-10-12-19(13-11-18)21-8-5-6-9-22(21)23-25-27-28-26-23/h5-6,8-13,16-17H,4,7,14-15H2,1-3H3,(H,25,26,27,28). The van der Waals surface area contributed by atoms with Gasteiger partial charge in [0, 0.05) is 24.0 Å². The summed E-state index contributed by atoms with van der Waals surface area (Å²) in [6, 6.07) is 16.4. The van der Waals surface area contributed by atoms with Crippen molar-refractivity contribution in [1.29, 1.82) is 0 Å². The Bertz CT molecular complexity index is 1190. The number of H-pyrrole nitrogens is 1. The van der Waals surface area contributed by atoms with E-state index in [0.29, 0.717) is 18.3 Å². The second kappa shape index (κ2) is 9.12. The molecule has 0 radical (unpaired) electrons. The number of aromatic nitrogens is 6. The summed E-state index contributed by atoms with van der Waals surface area (Å²) in [4.78, 5) is 13.0. The van der Waals surface area contributed by atoms with Gasteiger partial charge >= 0.3 is 5.69 Å². The second-order valence-corrected chi connectivity index (χ2v) is 8.28. The predicted octanol–water partition coefficient (Wildman–Crippen LogP) is 4.15. The number of aryl methyl sites for hydroxylation is 1. The Morgan fingerprint density at radius 1 is 1.03 bits per heavy atom. The maximum absolute atomic E-state index is 13.0. The van der Waals surface area contributed by atoms with Gasteiger partial charge in [0.2, 0.25) is 0 Å². The van der Waals surface area contributed by atoms with Gasteiger partial charge in [0.1, 0.15) is 0 Å². The molecule has 7 heteroatoms. The molecule has 0 saturated heterocycles. The Kier molecular flexibility index (Phi) is 6.11. The Morgan fingerprint density at radius 3 is 2.42 bits per heavy atom. The molecule has 0 saturated carbocycles. The molecule has 2 heterocycles. The van der Waals surface area contributed by atoms with E-state index in [2.05, 4.69) is 71.7 Å². The molecule has 2 aromatic carbocycles. The molecule has 160 valence electrons. The van der Waals surface area contributed by atoms with Crippen LogP contribution in [0.25, 0.3) is 22.5 Å². The van der Waals surface area contributed by atoms with E-state index in [1.807, 2.05) is 33.5 Å². The average molecular weight is 417 g/mol. The van der Waals surface area contributed by atoms with Crippen molar-refractivity contribution < 1.29 is 0 Å². The zero-order valence-electron chi connectivity index (χ0n) is 18.2. The van der Waals surface area contributed by atoms with Gasteiger partial charge in [-0.05, 0) is 39.5 Å². The van der Waals surface area contributed by atoms with E-state index in [0.717, 1.165) is 47.3 Å². The molecule has 0 aliphatic rings. The summed E-state index contributed by atoms with van der Waals surface area (Å²) in [5.74, 6) is 1.07. The highest BCUT2D eigenvalue weighted by Crippen LogP contribution is 2.29. The molecule has 1 N–H and O–H groups in total. The first-order valence-corrected chi connectivity index (χ1v) is 10.8. The maximum Gasteiger partial charge on any atom is 0.328 e. The van der Waals surface area contributed by atoms with Crippen molar-refractivity contribution >= 4 is 0 Å². The van der Waals surface area contributed by atoms with E-state index in [1.54, 1.807) is 0 Å². The van der Waals surface area contributed by atoms with Gasteiger partial charge in [-0.2, -0.15) is 0 Å². The lowest BCUT2D eigenvalue weighted by atomic mass is 9.98. The summed E-state index contributed by atoms with van der Waals surface area (Å²) < 4.78 is 3.76. The normalized spacial score (nSPS) is 11.4. The van der Waals surface area contributed by atoms with Crippen LogP contribution in [0.2, 0.25) is 0 Å². The lowest BCUT2D eigenvalue weighted by molar-refractivity contribution is 0.503. The second-order valence-electron chi connectivity index (χ2n) is 8.28. The van der Waals surface area contributed by atoms with Gasteiger partial charge in [-0.3, -0.25) is 9.13 Å². The SMILES string of the molecule is CCCc1cn(CC(C)C)c(=O)n1Cc1ccc(-c2ccccc2-c2nnn[nH]2)cc1. The minimum Gasteiger partial charge on any atom is -0.299 e. The minimum absolute atomic E-state index is 0.0735. The van der Waals surface area contributed by atoms with Crippen molar-refractivity contribution in [2.75, 3.05) is 0 Å². The molecule has 0 fully saturated rings. The van der Waals surface area contributed by atoms with E-state index in [9.17, 15) is 4.79 Å². The summed E-state index contributed by atoms with van der Waals surface area (Å²) in [6.45, 7) is 7.73. The fourth-order valence-electron chi connectivity index (χ4n) is 3.92. The molecule has 0 spiro atoms. The van der Waals surface area contributed by atoms with Crippen LogP contribution in [0.3, 0.4) is 0 Å². The topological polar surface area (TPSA) is 81.4 Å². The lowest BCUT2D eigenvalue weighted by Gasteiger charge is -2.10. The summed E-state index contributed by atoms with van der Waals surface area (Å²) in [6.07, 6.45) is 3.94. The smallest absolute Gasteiger partial charge is 0.299 e. The highest BCUT2D eigenvalue weighted by molar-refractivity contribution is 5.80. The third-order valence-electron chi connectivity index (χ3n) is 5.33. The third-order valence-corrected chi connectivity index (χ3v) is 5.33. The number of hydrogen-bond donors (Lipinski definition) is 1. The van der Waals surface area contributed by atoms with Crippen LogP contribution in [0.15, 0.2) is 59.5 Å².